The molecule has 20 heavy (non-hydrogen) atoms. The molecule has 0 radical (unpaired) electrons. The Bertz CT molecular complexity index is 679. The Morgan fingerprint density at radius 3 is 2.65 bits per heavy atom. The molecular weight excluding hydrogens is 337 g/mol. The van der Waals surface area contributed by atoms with E-state index >= 15 is 0 Å². The summed E-state index contributed by atoms with van der Waals surface area (Å²) in [5.74, 6) is -0.193. The second-order valence-electron chi connectivity index (χ2n) is 3.73. The Balaban J connectivity index is 2.31. The molecule has 1 aromatic heterocycles. The van der Waals surface area contributed by atoms with Crippen LogP contribution >= 0.6 is 15.9 Å². The summed E-state index contributed by atoms with van der Waals surface area (Å²) >= 11 is 3.20. The third-order valence-corrected chi connectivity index (χ3v) is 2.69. The standard InChI is InChI=1S/C12H6BrF3N4/c13-8-3-7(6-17)4-9(5-8)19-11-18-2-1-10(20-11)12(14,15)16/h1-5H,(H,18,19,20). The van der Waals surface area contributed by atoms with Crippen molar-refractivity contribution in [1.29, 1.82) is 5.26 Å². The number of nitrogens with zero attached hydrogens (tertiary/aromatic N) is 3. The molecule has 4 nitrogen and oxygen atoms in total. The van der Waals surface area contributed by atoms with Crippen LogP contribution < -0.4 is 5.32 Å². The van der Waals surface area contributed by atoms with Crippen LogP contribution in [0.4, 0.5) is 24.8 Å². The summed E-state index contributed by atoms with van der Waals surface area (Å²) in [6.07, 6.45) is -3.52. The van der Waals surface area contributed by atoms with Crippen LogP contribution in [0.15, 0.2) is 34.9 Å². The predicted molar refractivity (Wildman–Crippen MR) is 69.2 cm³/mol. The van der Waals surface area contributed by atoms with Gasteiger partial charge in [0.25, 0.3) is 0 Å². The molecule has 102 valence electrons. The highest BCUT2D eigenvalue weighted by Crippen LogP contribution is 2.28. The molecule has 0 spiro atoms. The first kappa shape index (κ1) is 14.3. The van der Waals surface area contributed by atoms with E-state index in [1.165, 1.54) is 6.07 Å². The number of hydrogen-bond acceptors (Lipinski definition) is 4. The zero-order valence-electron chi connectivity index (χ0n) is 9.74. The van der Waals surface area contributed by atoms with Crippen LogP contribution in [0.25, 0.3) is 0 Å². The lowest BCUT2D eigenvalue weighted by Gasteiger charge is -2.09. The zero-order valence-corrected chi connectivity index (χ0v) is 11.3. The van der Waals surface area contributed by atoms with Crippen LogP contribution in [-0.2, 0) is 6.18 Å². The highest BCUT2D eigenvalue weighted by molar-refractivity contribution is 9.10. The Kier molecular flexibility index (Phi) is 3.90. The minimum Gasteiger partial charge on any atom is -0.324 e. The highest BCUT2D eigenvalue weighted by atomic mass is 79.9. The van der Waals surface area contributed by atoms with E-state index in [1.54, 1.807) is 12.1 Å². The number of aromatic nitrogens is 2. The molecule has 1 N–H and O–H groups in total. The maximum atomic E-state index is 12.5. The number of halogens is 4. The van der Waals surface area contributed by atoms with Crippen molar-refractivity contribution in [3.05, 3.63) is 46.2 Å². The molecule has 0 aliphatic carbocycles. The van der Waals surface area contributed by atoms with Crippen LogP contribution in [0.5, 0.6) is 0 Å². The summed E-state index contributed by atoms with van der Waals surface area (Å²) in [7, 11) is 0. The topological polar surface area (TPSA) is 61.6 Å². The van der Waals surface area contributed by atoms with E-state index in [2.05, 4.69) is 31.2 Å². The molecule has 0 bridgehead atoms. The first-order valence-corrected chi connectivity index (χ1v) is 6.06. The molecule has 0 amide bonds. The van der Waals surface area contributed by atoms with Crippen molar-refractivity contribution in [2.24, 2.45) is 0 Å². The van der Waals surface area contributed by atoms with E-state index in [4.69, 9.17) is 5.26 Å². The minimum atomic E-state index is -4.53. The van der Waals surface area contributed by atoms with Gasteiger partial charge in [0.15, 0.2) is 0 Å². The minimum absolute atomic E-state index is 0.193. The largest absolute Gasteiger partial charge is 0.433 e. The highest BCUT2D eigenvalue weighted by Gasteiger charge is 2.32. The molecule has 2 rings (SSSR count). The second kappa shape index (κ2) is 5.46. The molecule has 1 heterocycles. The molecule has 8 heteroatoms. The summed E-state index contributed by atoms with van der Waals surface area (Å²) < 4.78 is 38.2. The van der Waals surface area contributed by atoms with Gasteiger partial charge in [-0.3, -0.25) is 0 Å². The Morgan fingerprint density at radius 1 is 1.25 bits per heavy atom. The van der Waals surface area contributed by atoms with Gasteiger partial charge in [-0.15, -0.1) is 0 Å². The summed E-state index contributed by atoms with van der Waals surface area (Å²) in [6, 6.07) is 7.39. The fourth-order valence-corrected chi connectivity index (χ4v) is 1.93. The van der Waals surface area contributed by atoms with Gasteiger partial charge in [0.05, 0.1) is 11.6 Å². The quantitative estimate of drug-likeness (QED) is 0.899. The number of nitriles is 1. The monoisotopic (exact) mass is 342 g/mol. The van der Waals surface area contributed by atoms with Gasteiger partial charge in [-0.2, -0.15) is 18.4 Å². The van der Waals surface area contributed by atoms with Gasteiger partial charge >= 0.3 is 6.18 Å². The fourth-order valence-electron chi connectivity index (χ4n) is 1.43. The third kappa shape index (κ3) is 3.45. The van der Waals surface area contributed by atoms with Crippen LogP contribution in [0.3, 0.4) is 0 Å². The van der Waals surface area contributed by atoms with E-state index in [-0.39, 0.29) is 5.95 Å². The number of benzene rings is 1. The maximum absolute atomic E-state index is 12.5. The van der Waals surface area contributed by atoms with Crippen molar-refractivity contribution in [3.8, 4) is 6.07 Å². The Labute approximate surface area is 120 Å². The zero-order chi connectivity index (χ0) is 14.8. The molecule has 0 aliphatic rings. The van der Waals surface area contributed by atoms with Gasteiger partial charge in [-0.1, -0.05) is 15.9 Å². The van der Waals surface area contributed by atoms with E-state index in [1.807, 2.05) is 6.07 Å². The number of alkyl halides is 3. The van der Waals surface area contributed by atoms with E-state index in [9.17, 15) is 13.2 Å². The van der Waals surface area contributed by atoms with Gasteiger partial charge in [0.1, 0.15) is 5.69 Å². The van der Waals surface area contributed by atoms with Crippen molar-refractivity contribution in [2.45, 2.75) is 6.18 Å². The molecule has 0 fully saturated rings. The van der Waals surface area contributed by atoms with Crippen LogP contribution in [0, 0.1) is 11.3 Å². The number of nitrogens with one attached hydrogen (secondary N) is 1. The van der Waals surface area contributed by atoms with E-state index in [0.29, 0.717) is 15.7 Å². The molecule has 0 aliphatic heterocycles. The average molecular weight is 343 g/mol. The van der Waals surface area contributed by atoms with E-state index in [0.717, 1.165) is 12.3 Å². The number of anilines is 2. The SMILES string of the molecule is N#Cc1cc(Br)cc(Nc2nccc(C(F)(F)F)n2)c1. The normalized spacial score (nSPS) is 10.9. The van der Waals surface area contributed by atoms with Gasteiger partial charge in [-0.05, 0) is 24.3 Å². The molecule has 0 saturated carbocycles. The lowest BCUT2D eigenvalue weighted by molar-refractivity contribution is -0.141. The van der Waals surface area contributed by atoms with Gasteiger partial charge in [0, 0.05) is 16.4 Å². The number of rotatable bonds is 2. The summed E-state index contributed by atoms with van der Waals surface area (Å²) in [5.41, 5.74) is -0.269. The second-order valence-corrected chi connectivity index (χ2v) is 4.64. The molecular formula is C12H6BrF3N4. The summed E-state index contributed by atoms with van der Waals surface area (Å²) in [5, 5.41) is 11.5. The van der Waals surface area contributed by atoms with E-state index < -0.39 is 11.9 Å². The molecule has 0 unspecified atom stereocenters. The first-order chi connectivity index (χ1) is 9.38. The summed E-state index contributed by atoms with van der Waals surface area (Å²) in [6.45, 7) is 0. The van der Waals surface area contributed by atoms with Crippen LogP contribution in [-0.4, -0.2) is 9.97 Å². The fraction of sp³-hybridized carbons (Fsp3) is 0.0833. The van der Waals surface area contributed by atoms with Crippen molar-refractivity contribution >= 4 is 27.6 Å². The lowest BCUT2D eigenvalue weighted by atomic mass is 10.2. The Morgan fingerprint density at radius 2 is 2.00 bits per heavy atom. The van der Waals surface area contributed by atoms with Crippen LogP contribution in [0.2, 0.25) is 0 Å². The predicted octanol–water partition coefficient (Wildman–Crippen LogP) is 3.87. The lowest BCUT2D eigenvalue weighted by Crippen LogP contribution is -2.10. The van der Waals surface area contributed by atoms with Gasteiger partial charge < -0.3 is 5.32 Å². The first-order valence-electron chi connectivity index (χ1n) is 5.26. The van der Waals surface area contributed by atoms with Crippen molar-refractivity contribution in [1.82, 2.24) is 9.97 Å². The molecule has 1 aromatic carbocycles. The van der Waals surface area contributed by atoms with Crippen LogP contribution in [0.1, 0.15) is 11.3 Å². The van der Waals surface area contributed by atoms with Crippen molar-refractivity contribution < 1.29 is 13.2 Å². The van der Waals surface area contributed by atoms with Crippen molar-refractivity contribution in [2.75, 3.05) is 5.32 Å². The average Bonchev–Trinajstić information content (AvgIpc) is 2.37. The smallest absolute Gasteiger partial charge is 0.324 e. The maximum Gasteiger partial charge on any atom is 0.433 e. The third-order valence-electron chi connectivity index (χ3n) is 2.23. The number of hydrogen-bond donors (Lipinski definition) is 1. The molecule has 0 saturated heterocycles. The van der Waals surface area contributed by atoms with Gasteiger partial charge in [-0.25, -0.2) is 9.97 Å². The Hall–Kier alpha value is -2.14. The van der Waals surface area contributed by atoms with Crippen molar-refractivity contribution in [3.63, 3.8) is 0 Å². The summed E-state index contributed by atoms with van der Waals surface area (Å²) in [4.78, 5) is 7.09. The molecule has 0 atom stereocenters. The van der Waals surface area contributed by atoms with Gasteiger partial charge in [0.2, 0.25) is 5.95 Å². The molecule has 2 aromatic rings.